The second-order valence-electron chi connectivity index (χ2n) is 7.08. The summed E-state index contributed by atoms with van der Waals surface area (Å²) in [6, 6.07) is 11.6. The standard InChI is InChI=1S/C20H33N3O.ClH/c1-2-6-19(7-3-1)8-5-11-23(20-9-4-10-21-18-20)13-12-22-14-16-24-17-15-22;/h1-3,6-7,20-21H,4-5,8-18H2;1H. The van der Waals surface area contributed by atoms with Crippen LogP contribution in [0, 0.1) is 0 Å². The zero-order chi connectivity index (χ0) is 16.5. The molecule has 5 heteroatoms. The molecule has 0 amide bonds. The minimum atomic E-state index is 0. The average molecular weight is 368 g/mol. The van der Waals surface area contributed by atoms with Crippen molar-refractivity contribution in [3.63, 3.8) is 0 Å². The van der Waals surface area contributed by atoms with Crippen LogP contribution in [0.3, 0.4) is 0 Å². The van der Waals surface area contributed by atoms with E-state index in [1.807, 2.05) is 0 Å². The van der Waals surface area contributed by atoms with E-state index in [9.17, 15) is 0 Å². The molecule has 2 aliphatic heterocycles. The van der Waals surface area contributed by atoms with Crippen molar-refractivity contribution in [3.05, 3.63) is 35.9 Å². The Morgan fingerprint density at radius 3 is 2.64 bits per heavy atom. The Morgan fingerprint density at radius 2 is 1.92 bits per heavy atom. The molecule has 0 saturated carbocycles. The summed E-state index contributed by atoms with van der Waals surface area (Å²) >= 11 is 0. The van der Waals surface area contributed by atoms with Crippen LogP contribution in [-0.2, 0) is 11.2 Å². The van der Waals surface area contributed by atoms with Crippen molar-refractivity contribution in [2.24, 2.45) is 0 Å². The van der Waals surface area contributed by atoms with Crippen LogP contribution in [-0.4, -0.2) is 74.9 Å². The van der Waals surface area contributed by atoms with E-state index in [1.54, 1.807) is 0 Å². The van der Waals surface area contributed by atoms with Crippen molar-refractivity contribution in [2.45, 2.75) is 31.7 Å². The van der Waals surface area contributed by atoms with Gasteiger partial charge in [-0.1, -0.05) is 30.3 Å². The lowest BCUT2D eigenvalue weighted by atomic mass is 10.0. The van der Waals surface area contributed by atoms with Gasteiger partial charge in [0.15, 0.2) is 0 Å². The van der Waals surface area contributed by atoms with E-state index in [0.717, 1.165) is 38.9 Å². The van der Waals surface area contributed by atoms with E-state index in [-0.39, 0.29) is 12.4 Å². The van der Waals surface area contributed by atoms with Crippen LogP contribution >= 0.6 is 12.4 Å². The highest BCUT2D eigenvalue weighted by Crippen LogP contribution is 2.13. The van der Waals surface area contributed by atoms with Gasteiger partial charge in [0.05, 0.1) is 13.2 Å². The lowest BCUT2D eigenvalue weighted by Gasteiger charge is -2.37. The summed E-state index contributed by atoms with van der Waals surface area (Å²) in [6.07, 6.45) is 5.11. The summed E-state index contributed by atoms with van der Waals surface area (Å²) in [5.74, 6) is 0. The van der Waals surface area contributed by atoms with E-state index in [0.29, 0.717) is 0 Å². The van der Waals surface area contributed by atoms with Crippen LogP contribution in [0.4, 0.5) is 0 Å². The van der Waals surface area contributed by atoms with Crippen molar-refractivity contribution in [1.29, 1.82) is 0 Å². The maximum Gasteiger partial charge on any atom is 0.0594 e. The SMILES string of the molecule is Cl.c1ccc(CCCN(CCN2CCOCC2)C2CCCNC2)cc1. The average Bonchev–Trinajstić information content (AvgIpc) is 2.67. The summed E-state index contributed by atoms with van der Waals surface area (Å²) in [4.78, 5) is 5.30. The fourth-order valence-electron chi connectivity index (χ4n) is 3.85. The Balaban J connectivity index is 0.00000225. The molecule has 2 saturated heterocycles. The van der Waals surface area contributed by atoms with E-state index in [1.165, 1.54) is 57.4 Å². The molecule has 1 atom stereocenters. The monoisotopic (exact) mass is 367 g/mol. The highest BCUT2D eigenvalue weighted by Gasteiger charge is 2.21. The number of aryl methyl sites for hydroxylation is 1. The number of piperidine rings is 1. The molecule has 4 nitrogen and oxygen atoms in total. The number of nitrogens with one attached hydrogen (secondary N) is 1. The quantitative estimate of drug-likeness (QED) is 0.763. The summed E-state index contributed by atoms with van der Waals surface area (Å²) in [5.41, 5.74) is 1.47. The first-order valence-electron chi connectivity index (χ1n) is 9.70. The van der Waals surface area contributed by atoms with Crippen LogP contribution in [0.15, 0.2) is 30.3 Å². The Morgan fingerprint density at radius 1 is 1.12 bits per heavy atom. The van der Waals surface area contributed by atoms with Crippen LogP contribution < -0.4 is 5.32 Å². The molecule has 1 unspecified atom stereocenters. The highest BCUT2D eigenvalue weighted by molar-refractivity contribution is 5.85. The van der Waals surface area contributed by atoms with Gasteiger partial charge in [-0.3, -0.25) is 9.80 Å². The largest absolute Gasteiger partial charge is 0.379 e. The summed E-state index contributed by atoms with van der Waals surface area (Å²) in [5, 5.41) is 3.59. The molecule has 1 aromatic rings. The third kappa shape index (κ3) is 7.24. The van der Waals surface area contributed by atoms with Crippen LogP contribution in [0.1, 0.15) is 24.8 Å². The third-order valence-corrected chi connectivity index (χ3v) is 5.35. The Labute approximate surface area is 159 Å². The van der Waals surface area contributed by atoms with Gasteiger partial charge in [0.1, 0.15) is 0 Å². The Hall–Kier alpha value is -0.650. The molecular weight excluding hydrogens is 334 g/mol. The number of hydrogen-bond donors (Lipinski definition) is 1. The Kier molecular flexibility index (Phi) is 9.81. The molecule has 3 rings (SSSR count). The third-order valence-electron chi connectivity index (χ3n) is 5.35. The maximum absolute atomic E-state index is 5.47. The molecule has 0 radical (unpaired) electrons. The molecule has 0 spiro atoms. The fourth-order valence-corrected chi connectivity index (χ4v) is 3.85. The number of hydrogen-bond acceptors (Lipinski definition) is 4. The summed E-state index contributed by atoms with van der Waals surface area (Å²) in [6.45, 7) is 9.95. The topological polar surface area (TPSA) is 27.7 Å². The van der Waals surface area contributed by atoms with Crippen molar-refractivity contribution in [2.75, 3.05) is 59.0 Å². The molecule has 0 aromatic heterocycles. The Bertz CT molecular complexity index is 448. The molecule has 142 valence electrons. The second-order valence-corrected chi connectivity index (χ2v) is 7.08. The number of rotatable bonds is 8. The maximum atomic E-state index is 5.47. The van der Waals surface area contributed by atoms with Crippen LogP contribution in [0.25, 0.3) is 0 Å². The number of nitrogens with zero attached hydrogens (tertiary/aromatic N) is 2. The van der Waals surface area contributed by atoms with Gasteiger partial charge in [-0.25, -0.2) is 0 Å². The van der Waals surface area contributed by atoms with Gasteiger partial charge in [-0.2, -0.15) is 0 Å². The summed E-state index contributed by atoms with van der Waals surface area (Å²) < 4.78 is 5.47. The zero-order valence-corrected chi connectivity index (χ0v) is 16.2. The van der Waals surface area contributed by atoms with Crippen molar-refractivity contribution >= 4 is 12.4 Å². The molecule has 2 aliphatic rings. The minimum absolute atomic E-state index is 0. The molecule has 1 aromatic carbocycles. The lowest BCUT2D eigenvalue weighted by molar-refractivity contribution is 0.0297. The molecular formula is C20H34ClN3O. The number of morpholine rings is 1. The van der Waals surface area contributed by atoms with E-state index < -0.39 is 0 Å². The normalized spacial score (nSPS) is 21.9. The first kappa shape index (κ1) is 20.7. The first-order valence-corrected chi connectivity index (χ1v) is 9.70. The number of benzene rings is 1. The molecule has 2 heterocycles. The predicted octanol–water partition coefficient (Wildman–Crippen LogP) is 2.43. The van der Waals surface area contributed by atoms with Gasteiger partial charge >= 0.3 is 0 Å². The van der Waals surface area contributed by atoms with Crippen LogP contribution in [0.5, 0.6) is 0 Å². The van der Waals surface area contributed by atoms with E-state index in [2.05, 4.69) is 45.4 Å². The first-order chi connectivity index (χ1) is 11.9. The van der Waals surface area contributed by atoms with Crippen LogP contribution in [0.2, 0.25) is 0 Å². The van der Waals surface area contributed by atoms with Crippen molar-refractivity contribution in [3.8, 4) is 0 Å². The molecule has 0 aliphatic carbocycles. The van der Waals surface area contributed by atoms with E-state index in [4.69, 9.17) is 4.74 Å². The number of ether oxygens (including phenoxy) is 1. The lowest BCUT2D eigenvalue weighted by Crippen LogP contribution is -2.49. The van der Waals surface area contributed by atoms with E-state index >= 15 is 0 Å². The zero-order valence-electron chi connectivity index (χ0n) is 15.4. The minimum Gasteiger partial charge on any atom is -0.379 e. The van der Waals surface area contributed by atoms with Crippen molar-refractivity contribution < 1.29 is 4.74 Å². The van der Waals surface area contributed by atoms with Gasteiger partial charge in [0, 0.05) is 38.8 Å². The molecule has 1 N–H and O–H groups in total. The molecule has 2 fully saturated rings. The smallest absolute Gasteiger partial charge is 0.0594 e. The predicted molar refractivity (Wildman–Crippen MR) is 107 cm³/mol. The molecule has 0 bridgehead atoms. The van der Waals surface area contributed by atoms with Gasteiger partial charge in [0.25, 0.3) is 0 Å². The van der Waals surface area contributed by atoms with Gasteiger partial charge in [-0.05, 0) is 44.3 Å². The molecule has 25 heavy (non-hydrogen) atoms. The highest BCUT2D eigenvalue weighted by atomic mass is 35.5. The number of halogens is 1. The summed E-state index contributed by atoms with van der Waals surface area (Å²) in [7, 11) is 0. The van der Waals surface area contributed by atoms with Gasteiger partial charge < -0.3 is 10.1 Å². The second kappa shape index (κ2) is 11.9. The van der Waals surface area contributed by atoms with Crippen molar-refractivity contribution in [1.82, 2.24) is 15.1 Å². The van der Waals surface area contributed by atoms with Gasteiger partial charge in [-0.15, -0.1) is 12.4 Å². The fraction of sp³-hybridized carbons (Fsp3) is 0.700. The van der Waals surface area contributed by atoms with Gasteiger partial charge in [0.2, 0.25) is 0 Å².